The van der Waals surface area contributed by atoms with E-state index in [1.807, 2.05) is 34.9 Å². The highest BCUT2D eigenvalue weighted by Gasteiger charge is 2.44. The normalized spacial score (nSPS) is 20.9. The third-order valence-electron chi connectivity index (χ3n) is 8.01. The Kier molecular flexibility index (Phi) is 8.45. The maximum absolute atomic E-state index is 12.9. The van der Waals surface area contributed by atoms with E-state index in [9.17, 15) is 9.59 Å². The van der Waals surface area contributed by atoms with Gasteiger partial charge in [0.2, 0.25) is 5.91 Å². The summed E-state index contributed by atoms with van der Waals surface area (Å²) in [7, 11) is 0. The molecule has 4 aromatic rings. The van der Waals surface area contributed by atoms with E-state index in [1.54, 1.807) is 17.9 Å². The number of amides is 2. The van der Waals surface area contributed by atoms with Crippen molar-refractivity contribution < 1.29 is 24.2 Å². The number of benzene rings is 1. The van der Waals surface area contributed by atoms with Crippen LogP contribution >= 0.6 is 11.6 Å². The third-order valence-corrected chi connectivity index (χ3v) is 8.25. The fourth-order valence-corrected chi connectivity index (χ4v) is 5.75. The molecule has 1 unspecified atom stereocenters. The molecule has 3 fully saturated rings. The standard InChI is InChI=1S/C30H30ClN7O3.CH2O2/c1-17-30(40)38(7-8-41-17)25-10-20(18-5-6-18)14-37-15-22(35-28(25)37)13-32-26-12-27(34-16-33-26)36-29(39)24-11-23(24)19-3-2-4-21(31)9-19;2-1-3/h2-4,9-10,12,14-18,23-24H,5-8,11,13H2,1H3,(H2,32,33,34,36,39);1H,(H,2,3)/t17?,23-,24+;/m1./s1. The van der Waals surface area contributed by atoms with Crippen molar-refractivity contribution >= 4 is 52.9 Å². The van der Waals surface area contributed by atoms with Gasteiger partial charge in [-0.25, -0.2) is 15.0 Å². The van der Waals surface area contributed by atoms with Gasteiger partial charge in [-0.05, 0) is 67.3 Å². The molecule has 0 radical (unpaired) electrons. The van der Waals surface area contributed by atoms with Crippen molar-refractivity contribution in [2.75, 3.05) is 28.7 Å². The number of carbonyl (C=O) groups is 3. The van der Waals surface area contributed by atoms with Crippen LogP contribution in [0.1, 0.15) is 54.8 Å². The number of fused-ring (bicyclic) bond motifs is 1. The molecule has 0 spiro atoms. The van der Waals surface area contributed by atoms with E-state index in [1.165, 1.54) is 11.9 Å². The molecule has 3 N–H and O–H groups in total. The minimum Gasteiger partial charge on any atom is -0.483 e. The van der Waals surface area contributed by atoms with Gasteiger partial charge >= 0.3 is 0 Å². The van der Waals surface area contributed by atoms with E-state index in [2.05, 4.69) is 32.9 Å². The predicted octanol–water partition coefficient (Wildman–Crippen LogP) is 4.46. The van der Waals surface area contributed by atoms with Crippen LogP contribution in [0.3, 0.4) is 0 Å². The van der Waals surface area contributed by atoms with E-state index in [0.29, 0.717) is 42.3 Å². The second kappa shape index (κ2) is 12.6. The van der Waals surface area contributed by atoms with Crippen molar-refractivity contribution in [3.63, 3.8) is 0 Å². The van der Waals surface area contributed by atoms with Crippen molar-refractivity contribution in [1.82, 2.24) is 19.4 Å². The number of rotatable bonds is 8. The SMILES string of the molecule is CC1OCCN(c2cc(C3CC3)cn3cc(CNc4cc(NC(=O)[C@H]5C[C@@H]5c5cccc(Cl)c5)ncn4)nc23)C1=O.O=CO. The molecule has 12 nitrogen and oxygen atoms in total. The number of halogens is 1. The molecule has 3 aromatic heterocycles. The number of hydrogen-bond acceptors (Lipinski definition) is 8. The molecule has 2 amide bonds. The fourth-order valence-electron chi connectivity index (χ4n) is 5.55. The number of hydrogen-bond donors (Lipinski definition) is 3. The summed E-state index contributed by atoms with van der Waals surface area (Å²) in [5.41, 5.74) is 4.67. The molecule has 3 aliphatic rings. The van der Waals surface area contributed by atoms with Crippen LogP contribution in [0.5, 0.6) is 0 Å². The van der Waals surface area contributed by atoms with E-state index < -0.39 is 6.10 Å². The van der Waals surface area contributed by atoms with Gasteiger partial charge in [0.15, 0.2) is 5.65 Å². The van der Waals surface area contributed by atoms with Crippen molar-refractivity contribution in [1.29, 1.82) is 0 Å². The van der Waals surface area contributed by atoms with Crippen molar-refractivity contribution in [2.45, 2.75) is 50.7 Å². The Morgan fingerprint density at radius 3 is 2.73 bits per heavy atom. The minimum absolute atomic E-state index is 0.0468. The monoisotopic (exact) mass is 617 g/mol. The number of nitrogens with zero attached hydrogens (tertiary/aromatic N) is 5. The van der Waals surface area contributed by atoms with E-state index >= 15 is 0 Å². The molecule has 228 valence electrons. The molecule has 13 heteroatoms. The molecule has 0 bridgehead atoms. The van der Waals surface area contributed by atoms with Gasteiger partial charge in [-0.15, -0.1) is 0 Å². The molecule has 1 saturated heterocycles. The van der Waals surface area contributed by atoms with E-state index in [-0.39, 0.29) is 30.1 Å². The van der Waals surface area contributed by atoms with Gasteiger partial charge in [0.25, 0.3) is 12.4 Å². The summed E-state index contributed by atoms with van der Waals surface area (Å²) in [6.45, 7) is 2.95. The Balaban J connectivity index is 0.00000110. The van der Waals surface area contributed by atoms with Crippen molar-refractivity contribution in [3.8, 4) is 0 Å². The third kappa shape index (κ3) is 6.51. The van der Waals surface area contributed by atoms with Gasteiger partial charge in [0.05, 0.1) is 24.5 Å². The predicted molar refractivity (Wildman–Crippen MR) is 164 cm³/mol. The lowest BCUT2D eigenvalue weighted by Gasteiger charge is -2.31. The molecule has 4 heterocycles. The van der Waals surface area contributed by atoms with Crippen LogP contribution in [0.2, 0.25) is 5.02 Å². The van der Waals surface area contributed by atoms with Gasteiger partial charge in [-0.1, -0.05) is 23.7 Å². The molecule has 44 heavy (non-hydrogen) atoms. The van der Waals surface area contributed by atoms with Crippen LogP contribution in [0.25, 0.3) is 5.65 Å². The molecular formula is C31H32ClN7O5. The van der Waals surface area contributed by atoms with Gasteiger partial charge < -0.3 is 29.8 Å². The van der Waals surface area contributed by atoms with Crippen LogP contribution in [-0.4, -0.2) is 62.0 Å². The highest BCUT2D eigenvalue weighted by molar-refractivity contribution is 6.30. The highest BCUT2D eigenvalue weighted by atomic mass is 35.5. The van der Waals surface area contributed by atoms with Crippen LogP contribution in [0.4, 0.5) is 17.3 Å². The molecule has 7 rings (SSSR count). The Bertz CT molecular complexity index is 1710. The Morgan fingerprint density at radius 1 is 1.16 bits per heavy atom. The molecule has 3 atom stereocenters. The first-order valence-corrected chi connectivity index (χ1v) is 14.9. The zero-order valence-electron chi connectivity index (χ0n) is 24.0. The first-order chi connectivity index (χ1) is 21.3. The van der Waals surface area contributed by atoms with Gasteiger partial charge in [0.1, 0.15) is 24.1 Å². The van der Waals surface area contributed by atoms with Crippen molar-refractivity contribution in [2.24, 2.45) is 5.92 Å². The zero-order chi connectivity index (χ0) is 30.8. The topological polar surface area (TPSA) is 151 Å². The molecular weight excluding hydrogens is 586 g/mol. The summed E-state index contributed by atoms with van der Waals surface area (Å²) in [6, 6.07) is 11.5. The summed E-state index contributed by atoms with van der Waals surface area (Å²) < 4.78 is 7.56. The average Bonchev–Trinajstić information content (AvgIpc) is 3.94. The number of pyridine rings is 1. The zero-order valence-corrected chi connectivity index (χ0v) is 24.8. The van der Waals surface area contributed by atoms with Crippen LogP contribution < -0.4 is 15.5 Å². The summed E-state index contributed by atoms with van der Waals surface area (Å²) in [5, 5.41) is 13.8. The number of imidazole rings is 1. The lowest BCUT2D eigenvalue weighted by molar-refractivity contribution is -0.132. The Morgan fingerprint density at radius 2 is 1.95 bits per heavy atom. The molecule has 1 aliphatic heterocycles. The Hall–Kier alpha value is -4.55. The van der Waals surface area contributed by atoms with Crippen LogP contribution in [0.15, 0.2) is 55.1 Å². The van der Waals surface area contributed by atoms with Gasteiger partial charge in [0, 0.05) is 35.9 Å². The summed E-state index contributed by atoms with van der Waals surface area (Å²) in [6.07, 6.45) is 8.17. The number of ether oxygens (including phenoxy) is 1. The number of anilines is 3. The number of nitrogens with one attached hydrogen (secondary N) is 2. The molecule has 1 aromatic carbocycles. The van der Waals surface area contributed by atoms with Crippen molar-refractivity contribution in [3.05, 3.63) is 77.0 Å². The van der Waals surface area contributed by atoms with E-state index in [4.69, 9.17) is 31.2 Å². The molecule has 2 aliphatic carbocycles. The van der Waals surface area contributed by atoms with Gasteiger partial charge in [-0.3, -0.25) is 14.4 Å². The lowest BCUT2D eigenvalue weighted by Crippen LogP contribution is -2.46. The lowest BCUT2D eigenvalue weighted by atomic mass is 10.1. The first kappa shape index (κ1) is 29.5. The quantitative estimate of drug-likeness (QED) is 0.243. The minimum atomic E-state index is -0.473. The maximum atomic E-state index is 12.9. The summed E-state index contributed by atoms with van der Waals surface area (Å²) in [4.78, 5) is 49.4. The smallest absolute Gasteiger partial charge is 0.290 e. The van der Waals surface area contributed by atoms with Gasteiger partial charge in [-0.2, -0.15) is 0 Å². The highest BCUT2D eigenvalue weighted by Crippen LogP contribution is 2.48. The second-order valence-corrected chi connectivity index (χ2v) is 11.6. The van der Waals surface area contributed by atoms with Crippen LogP contribution in [-0.2, 0) is 25.7 Å². The largest absolute Gasteiger partial charge is 0.483 e. The second-order valence-electron chi connectivity index (χ2n) is 11.1. The number of aromatic nitrogens is 4. The number of morpholine rings is 1. The average molecular weight is 618 g/mol. The molecule has 2 saturated carbocycles. The summed E-state index contributed by atoms with van der Waals surface area (Å²) >= 11 is 6.11. The fraction of sp³-hybridized carbons (Fsp3) is 0.355. The van der Waals surface area contributed by atoms with E-state index in [0.717, 1.165) is 41.9 Å². The summed E-state index contributed by atoms with van der Waals surface area (Å²) in [5.74, 6) is 1.50. The number of carboxylic acid groups (broad SMARTS) is 1. The number of carbonyl (C=O) groups excluding carboxylic acids is 2. The Labute approximate surface area is 258 Å². The van der Waals surface area contributed by atoms with Crippen LogP contribution in [0, 0.1) is 5.92 Å². The maximum Gasteiger partial charge on any atom is 0.290 e. The first-order valence-electron chi connectivity index (χ1n) is 14.5.